The van der Waals surface area contributed by atoms with Crippen LogP contribution in [0.4, 0.5) is 11.4 Å². The van der Waals surface area contributed by atoms with E-state index in [0.717, 1.165) is 17.8 Å². The lowest BCUT2D eigenvalue weighted by molar-refractivity contribution is -0.384. The minimum atomic E-state index is -0.362. The lowest BCUT2D eigenvalue weighted by Gasteiger charge is -2.14. The van der Waals surface area contributed by atoms with Gasteiger partial charge in [0.2, 0.25) is 0 Å². The molecule has 104 valence electrons. The molecule has 2 aromatic carbocycles. The molecule has 20 heavy (non-hydrogen) atoms. The molecule has 4 heteroatoms. The van der Waals surface area contributed by atoms with Crippen LogP contribution < -0.4 is 5.32 Å². The molecule has 0 aliphatic rings. The molecule has 2 aromatic rings. The van der Waals surface area contributed by atoms with Crippen LogP contribution in [0.15, 0.2) is 48.5 Å². The number of nitrogens with zero attached hydrogens (tertiary/aromatic N) is 1. The van der Waals surface area contributed by atoms with E-state index in [1.165, 1.54) is 5.56 Å². The Balaban J connectivity index is 2.06. The van der Waals surface area contributed by atoms with Gasteiger partial charge in [-0.05, 0) is 30.0 Å². The van der Waals surface area contributed by atoms with Crippen LogP contribution in [0.5, 0.6) is 0 Å². The van der Waals surface area contributed by atoms with E-state index in [0.29, 0.717) is 5.92 Å². The molecular weight excluding hydrogens is 252 g/mol. The fourth-order valence-corrected chi connectivity index (χ4v) is 2.14. The van der Waals surface area contributed by atoms with Gasteiger partial charge in [0.15, 0.2) is 0 Å². The van der Waals surface area contributed by atoms with Crippen molar-refractivity contribution < 1.29 is 4.92 Å². The van der Waals surface area contributed by atoms with E-state index >= 15 is 0 Å². The van der Waals surface area contributed by atoms with Crippen LogP contribution in [0.3, 0.4) is 0 Å². The molecule has 0 saturated carbocycles. The first-order valence-corrected chi connectivity index (χ1v) is 6.61. The number of nitro benzene ring substituents is 1. The number of nitro groups is 1. The number of nitrogens with one attached hydrogen (secondary N) is 1. The molecule has 2 rings (SSSR count). The molecule has 1 unspecified atom stereocenters. The molecule has 0 aliphatic heterocycles. The fourth-order valence-electron chi connectivity index (χ4n) is 2.14. The summed E-state index contributed by atoms with van der Waals surface area (Å²) in [5, 5.41) is 14.1. The zero-order valence-corrected chi connectivity index (χ0v) is 11.7. The summed E-state index contributed by atoms with van der Waals surface area (Å²) in [7, 11) is 0. The van der Waals surface area contributed by atoms with Gasteiger partial charge in [-0.1, -0.05) is 37.3 Å². The van der Waals surface area contributed by atoms with E-state index in [9.17, 15) is 10.1 Å². The van der Waals surface area contributed by atoms with Gasteiger partial charge in [0.05, 0.1) is 4.92 Å². The van der Waals surface area contributed by atoms with Crippen LogP contribution in [-0.4, -0.2) is 11.5 Å². The molecule has 0 aromatic heterocycles. The summed E-state index contributed by atoms with van der Waals surface area (Å²) in [6, 6.07) is 15.3. The number of hydrogen-bond acceptors (Lipinski definition) is 3. The van der Waals surface area contributed by atoms with Gasteiger partial charge < -0.3 is 5.32 Å². The van der Waals surface area contributed by atoms with Crippen molar-refractivity contribution >= 4 is 11.4 Å². The zero-order chi connectivity index (χ0) is 14.5. The highest BCUT2D eigenvalue weighted by Crippen LogP contribution is 2.22. The highest BCUT2D eigenvalue weighted by Gasteiger charge is 2.09. The Morgan fingerprint density at radius 1 is 1.20 bits per heavy atom. The maximum Gasteiger partial charge on any atom is 0.271 e. The minimum Gasteiger partial charge on any atom is -0.384 e. The molecular formula is C16H18N2O2. The van der Waals surface area contributed by atoms with Gasteiger partial charge in [-0.25, -0.2) is 0 Å². The topological polar surface area (TPSA) is 55.2 Å². The number of hydrogen-bond donors (Lipinski definition) is 1. The van der Waals surface area contributed by atoms with Crippen molar-refractivity contribution in [2.75, 3.05) is 11.9 Å². The van der Waals surface area contributed by atoms with Gasteiger partial charge in [0.25, 0.3) is 5.69 Å². The lowest BCUT2D eigenvalue weighted by Crippen LogP contribution is -2.10. The highest BCUT2D eigenvalue weighted by atomic mass is 16.6. The van der Waals surface area contributed by atoms with E-state index < -0.39 is 0 Å². The smallest absolute Gasteiger partial charge is 0.271 e. The summed E-state index contributed by atoms with van der Waals surface area (Å²) in [4.78, 5) is 10.5. The molecule has 0 fully saturated rings. The quantitative estimate of drug-likeness (QED) is 0.656. The average molecular weight is 270 g/mol. The molecule has 0 saturated heterocycles. The Kier molecular flexibility index (Phi) is 4.35. The summed E-state index contributed by atoms with van der Waals surface area (Å²) < 4.78 is 0. The van der Waals surface area contributed by atoms with E-state index in [1.54, 1.807) is 12.1 Å². The molecule has 0 heterocycles. The minimum absolute atomic E-state index is 0.125. The maximum absolute atomic E-state index is 10.8. The first-order chi connectivity index (χ1) is 9.56. The van der Waals surface area contributed by atoms with Crippen LogP contribution in [0.2, 0.25) is 0 Å². The summed E-state index contributed by atoms with van der Waals surface area (Å²) in [5.74, 6) is 0.343. The van der Waals surface area contributed by atoms with Crippen LogP contribution in [0.25, 0.3) is 0 Å². The molecule has 0 radical (unpaired) electrons. The number of anilines is 1. The Labute approximate surface area is 118 Å². The van der Waals surface area contributed by atoms with Gasteiger partial charge in [-0.15, -0.1) is 0 Å². The van der Waals surface area contributed by atoms with Gasteiger partial charge >= 0.3 is 0 Å². The predicted molar refractivity (Wildman–Crippen MR) is 81.2 cm³/mol. The van der Waals surface area contributed by atoms with Crippen molar-refractivity contribution in [3.63, 3.8) is 0 Å². The van der Waals surface area contributed by atoms with E-state index in [2.05, 4.69) is 24.4 Å². The van der Waals surface area contributed by atoms with E-state index in [-0.39, 0.29) is 10.6 Å². The largest absolute Gasteiger partial charge is 0.384 e. The standard InChI is InChI=1S/C16H18N2O2/c1-12-8-15(10-16(9-12)18(19)20)17-11-13(2)14-6-4-3-5-7-14/h3-10,13,17H,11H2,1-2H3. The van der Waals surface area contributed by atoms with Crippen molar-refractivity contribution in [1.82, 2.24) is 0 Å². The summed E-state index contributed by atoms with van der Waals surface area (Å²) in [5.41, 5.74) is 3.05. The molecule has 0 bridgehead atoms. The van der Waals surface area contributed by atoms with Crippen molar-refractivity contribution in [2.45, 2.75) is 19.8 Å². The van der Waals surface area contributed by atoms with Gasteiger partial charge in [0.1, 0.15) is 0 Å². The second-order valence-electron chi connectivity index (χ2n) is 5.01. The van der Waals surface area contributed by atoms with Crippen molar-refractivity contribution in [1.29, 1.82) is 0 Å². The number of non-ortho nitro benzene ring substituents is 1. The Bertz CT molecular complexity index is 597. The lowest BCUT2D eigenvalue weighted by atomic mass is 10.0. The first-order valence-electron chi connectivity index (χ1n) is 6.61. The third kappa shape index (κ3) is 3.57. The van der Waals surface area contributed by atoms with Crippen molar-refractivity contribution in [3.8, 4) is 0 Å². The first kappa shape index (κ1) is 14.1. The normalized spacial score (nSPS) is 11.9. The van der Waals surface area contributed by atoms with E-state index in [1.807, 2.05) is 31.2 Å². The highest BCUT2D eigenvalue weighted by molar-refractivity contribution is 5.54. The molecule has 0 amide bonds. The summed E-state index contributed by atoms with van der Waals surface area (Å²) in [6.07, 6.45) is 0. The Morgan fingerprint density at radius 3 is 2.55 bits per heavy atom. The molecule has 1 atom stereocenters. The second-order valence-corrected chi connectivity index (χ2v) is 5.01. The summed E-state index contributed by atoms with van der Waals surface area (Å²) >= 11 is 0. The molecule has 4 nitrogen and oxygen atoms in total. The average Bonchev–Trinajstić information content (AvgIpc) is 2.45. The van der Waals surface area contributed by atoms with Crippen LogP contribution in [0, 0.1) is 17.0 Å². The maximum atomic E-state index is 10.8. The number of benzene rings is 2. The number of aryl methyl sites for hydroxylation is 1. The molecule has 1 N–H and O–H groups in total. The van der Waals surface area contributed by atoms with Gasteiger partial charge in [-0.2, -0.15) is 0 Å². The van der Waals surface area contributed by atoms with Crippen molar-refractivity contribution in [3.05, 3.63) is 69.8 Å². The summed E-state index contributed by atoms with van der Waals surface area (Å²) in [6.45, 7) is 4.73. The Morgan fingerprint density at radius 2 is 1.90 bits per heavy atom. The van der Waals surface area contributed by atoms with Crippen molar-refractivity contribution in [2.24, 2.45) is 0 Å². The molecule has 0 aliphatic carbocycles. The predicted octanol–water partition coefficient (Wildman–Crippen LogP) is 4.12. The SMILES string of the molecule is Cc1cc(NCC(C)c2ccccc2)cc([N+](=O)[O-])c1. The Hall–Kier alpha value is -2.36. The van der Waals surface area contributed by atoms with Gasteiger partial charge in [0, 0.05) is 24.4 Å². The fraction of sp³-hybridized carbons (Fsp3) is 0.250. The second kappa shape index (κ2) is 6.19. The van der Waals surface area contributed by atoms with Crippen LogP contribution >= 0.6 is 0 Å². The third-order valence-corrected chi connectivity index (χ3v) is 3.25. The zero-order valence-electron chi connectivity index (χ0n) is 11.7. The van der Waals surface area contributed by atoms with Gasteiger partial charge in [-0.3, -0.25) is 10.1 Å². The number of rotatable bonds is 5. The van der Waals surface area contributed by atoms with Crippen LogP contribution in [-0.2, 0) is 0 Å². The van der Waals surface area contributed by atoms with E-state index in [4.69, 9.17) is 0 Å². The monoisotopic (exact) mass is 270 g/mol. The third-order valence-electron chi connectivity index (χ3n) is 3.25. The molecule has 0 spiro atoms. The van der Waals surface area contributed by atoms with Crippen LogP contribution in [0.1, 0.15) is 24.0 Å².